The van der Waals surface area contributed by atoms with Gasteiger partial charge in [-0.2, -0.15) is 0 Å². The molecular formula is C9H10BrClN4O2S2. The number of halogens is 2. The Labute approximate surface area is 128 Å². The third-order valence-electron chi connectivity index (χ3n) is 2.34. The van der Waals surface area contributed by atoms with E-state index >= 15 is 0 Å². The molecule has 0 saturated carbocycles. The Kier molecular flexibility index (Phi) is 4.62. The molecule has 0 bridgehead atoms. The molecule has 0 atom stereocenters. The van der Waals surface area contributed by atoms with Crippen LogP contribution in [0.2, 0.25) is 5.02 Å². The van der Waals surface area contributed by atoms with Crippen molar-refractivity contribution in [3.05, 3.63) is 27.0 Å². The van der Waals surface area contributed by atoms with Crippen LogP contribution in [-0.4, -0.2) is 23.2 Å². The summed E-state index contributed by atoms with van der Waals surface area (Å²) in [6, 6.07) is 1.41. The molecule has 0 aromatic carbocycles. The van der Waals surface area contributed by atoms with E-state index < -0.39 is 10.0 Å². The number of thiophene rings is 1. The van der Waals surface area contributed by atoms with Crippen molar-refractivity contribution in [2.75, 3.05) is 0 Å². The molecule has 2 aromatic rings. The number of rotatable bonds is 5. The Hall–Kier alpha value is -0.480. The average Bonchev–Trinajstić information content (AvgIpc) is 2.94. The highest BCUT2D eigenvalue weighted by Gasteiger charge is 2.19. The molecule has 104 valence electrons. The molecule has 0 fully saturated rings. The smallest absolute Gasteiger partial charge is 0.250 e. The third kappa shape index (κ3) is 3.34. The minimum Gasteiger partial charge on any atom is -0.317 e. The molecule has 0 amide bonds. The van der Waals surface area contributed by atoms with Gasteiger partial charge in [0.1, 0.15) is 16.4 Å². The summed E-state index contributed by atoms with van der Waals surface area (Å²) >= 11 is 10.1. The second-order valence-electron chi connectivity index (χ2n) is 3.54. The van der Waals surface area contributed by atoms with Gasteiger partial charge in [0.05, 0.1) is 15.4 Å². The molecule has 0 spiro atoms. The molecule has 19 heavy (non-hydrogen) atoms. The quantitative estimate of drug-likeness (QED) is 0.856. The normalized spacial score (nSPS) is 11.9. The first kappa shape index (κ1) is 14.9. The molecule has 2 rings (SSSR count). The van der Waals surface area contributed by atoms with Gasteiger partial charge in [-0.05, 0) is 28.9 Å². The zero-order valence-electron chi connectivity index (χ0n) is 9.80. The van der Waals surface area contributed by atoms with Crippen LogP contribution < -0.4 is 4.72 Å². The van der Waals surface area contributed by atoms with E-state index in [1.165, 1.54) is 6.07 Å². The lowest BCUT2D eigenvalue weighted by atomic mass is 10.6. The zero-order chi connectivity index (χ0) is 14.0. The summed E-state index contributed by atoms with van der Waals surface area (Å²) in [5.74, 6) is 0.563. The summed E-state index contributed by atoms with van der Waals surface area (Å²) in [6.45, 7) is 2.70. The van der Waals surface area contributed by atoms with Crippen LogP contribution in [0.1, 0.15) is 12.7 Å². The summed E-state index contributed by atoms with van der Waals surface area (Å²) < 4.78 is 29.1. The summed E-state index contributed by atoms with van der Waals surface area (Å²) in [7, 11) is -3.59. The predicted octanol–water partition coefficient (Wildman–Crippen LogP) is 2.25. The van der Waals surface area contributed by atoms with Gasteiger partial charge in [-0.3, -0.25) is 0 Å². The van der Waals surface area contributed by atoms with Gasteiger partial charge in [-0.1, -0.05) is 11.6 Å². The zero-order valence-corrected chi connectivity index (χ0v) is 13.8. The van der Waals surface area contributed by atoms with Gasteiger partial charge < -0.3 is 4.57 Å². The minimum atomic E-state index is -3.59. The molecule has 0 aliphatic heterocycles. The van der Waals surface area contributed by atoms with Crippen molar-refractivity contribution in [2.45, 2.75) is 24.2 Å². The molecule has 0 aliphatic carbocycles. The van der Waals surface area contributed by atoms with Crippen molar-refractivity contribution in [2.24, 2.45) is 0 Å². The van der Waals surface area contributed by atoms with Crippen molar-refractivity contribution < 1.29 is 8.42 Å². The Morgan fingerprint density at radius 1 is 1.58 bits per heavy atom. The maximum absolute atomic E-state index is 12.1. The van der Waals surface area contributed by atoms with E-state index in [4.69, 9.17) is 11.6 Å². The Morgan fingerprint density at radius 3 is 2.89 bits per heavy atom. The molecule has 0 aliphatic rings. The van der Waals surface area contributed by atoms with E-state index in [-0.39, 0.29) is 10.8 Å². The van der Waals surface area contributed by atoms with Gasteiger partial charge in [0.15, 0.2) is 0 Å². The van der Waals surface area contributed by atoms with Gasteiger partial charge in [-0.15, -0.1) is 21.5 Å². The molecule has 0 saturated heterocycles. The molecule has 2 heterocycles. The SMILES string of the molecule is CCn1cnnc1CNS(=O)(=O)c1cc(Cl)c(Br)s1. The Balaban J connectivity index is 2.14. The Morgan fingerprint density at radius 2 is 2.32 bits per heavy atom. The third-order valence-corrected chi connectivity index (χ3v) is 6.69. The summed E-state index contributed by atoms with van der Waals surface area (Å²) in [6.07, 6.45) is 1.56. The Bertz CT molecular complexity index is 663. The van der Waals surface area contributed by atoms with Crippen molar-refractivity contribution in [1.29, 1.82) is 0 Å². The van der Waals surface area contributed by atoms with E-state index in [0.717, 1.165) is 11.3 Å². The molecule has 6 nitrogen and oxygen atoms in total. The topological polar surface area (TPSA) is 76.9 Å². The van der Waals surface area contributed by atoms with E-state index in [1.807, 2.05) is 6.92 Å². The van der Waals surface area contributed by atoms with Gasteiger partial charge in [0, 0.05) is 6.54 Å². The van der Waals surface area contributed by atoms with Crippen LogP contribution in [0.4, 0.5) is 0 Å². The van der Waals surface area contributed by atoms with Crippen molar-refractivity contribution in [3.63, 3.8) is 0 Å². The molecule has 10 heteroatoms. The molecule has 1 N–H and O–H groups in total. The standard InChI is InChI=1S/C9H10BrClN4O2S2/c1-2-15-5-12-14-7(15)4-13-19(16,17)8-3-6(11)9(10)18-8/h3,5,13H,2,4H2,1H3. The minimum absolute atomic E-state index is 0.0866. The number of hydrogen-bond acceptors (Lipinski definition) is 5. The van der Waals surface area contributed by atoms with E-state index in [2.05, 4.69) is 30.8 Å². The highest BCUT2D eigenvalue weighted by Crippen LogP contribution is 2.34. The fourth-order valence-electron chi connectivity index (χ4n) is 1.37. The number of aryl methyl sites for hydroxylation is 1. The largest absolute Gasteiger partial charge is 0.317 e. The first-order valence-corrected chi connectivity index (χ1v) is 8.72. The highest BCUT2D eigenvalue weighted by molar-refractivity contribution is 9.11. The number of nitrogens with zero attached hydrogens (tertiary/aromatic N) is 3. The maximum atomic E-state index is 12.1. The average molecular weight is 386 g/mol. The van der Waals surface area contributed by atoms with E-state index in [0.29, 0.717) is 21.2 Å². The van der Waals surface area contributed by atoms with Crippen LogP contribution in [0.3, 0.4) is 0 Å². The molecule has 0 radical (unpaired) electrons. The van der Waals surface area contributed by atoms with Crippen LogP contribution in [-0.2, 0) is 23.1 Å². The molecule has 2 aromatic heterocycles. The first-order chi connectivity index (χ1) is 8.94. The van der Waals surface area contributed by atoms with Crippen LogP contribution >= 0.6 is 38.9 Å². The molecular weight excluding hydrogens is 376 g/mol. The summed E-state index contributed by atoms with van der Waals surface area (Å²) in [5.41, 5.74) is 0. The fourth-order valence-corrected chi connectivity index (χ4v) is 4.79. The predicted molar refractivity (Wildman–Crippen MR) is 76.8 cm³/mol. The van der Waals surface area contributed by atoms with E-state index in [9.17, 15) is 8.42 Å². The summed E-state index contributed by atoms with van der Waals surface area (Å²) in [5, 5.41) is 7.97. The van der Waals surface area contributed by atoms with Gasteiger partial charge in [0.2, 0.25) is 0 Å². The number of hydrogen-bond donors (Lipinski definition) is 1. The van der Waals surface area contributed by atoms with Gasteiger partial charge >= 0.3 is 0 Å². The number of sulfonamides is 1. The fraction of sp³-hybridized carbons (Fsp3) is 0.333. The lowest BCUT2D eigenvalue weighted by Gasteiger charge is -2.05. The highest BCUT2D eigenvalue weighted by atomic mass is 79.9. The second kappa shape index (κ2) is 5.88. The molecule has 0 unspecified atom stereocenters. The monoisotopic (exact) mass is 384 g/mol. The second-order valence-corrected chi connectivity index (χ2v) is 8.32. The van der Waals surface area contributed by atoms with Crippen LogP contribution in [0.25, 0.3) is 0 Å². The summed E-state index contributed by atoms with van der Waals surface area (Å²) in [4.78, 5) is 0. The van der Waals surface area contributed by atoms with Crippen molar-refractivity contribution in [1.82, 2.24) is 19.5 Å². The van der Waals surface area contributed by atoms with Crippen molar-refractivity contribution >= 4 is 48.9 Å². The van der Waals surface area contributed by atoms with Crippen LogP contribution in [0, 0.1) is 0 Å². The lowest BCUT2D eigenvalue weighted by Crippen LogP contribution is -2.24. The number of nitrogens with one attached hydrogen (secondary N) is 1. The first-order valence-electron chi connectivity index (χ1n) is 5.25. The van der Waals surface area contributed by atoms with Gasteiger partial charge in [0.25, 0.3) is 10.0 Å². The lowest BCUT2D eigenvalue weighted by molar-refractivity contribution is 0.577. The van der Waals surface area contributed by atoms with Gasteiger partial charge in [-0.25, -0.2) is 13.1 Å². The van der Waals surface area contributed by atoms with E-state index in [1.54, 1.807) is 10.9 Å². The van der Waals surface area contributed by atoms with Crippen LogP contribution in [0.5, 0.6) is 0 Å². The van der Waals surface area contributed by atoms with Crippen LogP contribution in [0.15, 0.2) is 20.4 Å². The maximum Gasteiger partial charge on any atom is 0.250 e. The van der Waals surface area contributed by atoms with Crippen molar-refractivity contribution in [3.8, 4) is 0 Å². The number of aromatic nitrogens is 3.